The van der Waals surface area contributed by atoms with Crippen LogP contribution in [0, 0.1) is 11.7 Å². The molecule has 0 fully saturated rings. The van der Waals surface area contributed by atoms with Gasteiger partial charge >= 0.3 is 0 Å². The molecule has 1 nitrogen and oxygen atoms in total. The monoisotopic (exact) mass is 208 g/mol. The van der Waals surface area contributed by atoms with Gasteiger partial charge in [-0.15, -0.1) is 0 Å². The molecule has 1 heterocycles. The topological polar surface area (TPSA) is 9.23 Å². The normalized spacial score (nSPS) is 21.7. The van der Waals surface area contributed by atoms with Crippen molar-refractivity contribution in [1.29, 1.82) is 0 Å². The fraction of sp³-hybridized carbons (Fsp3) is 0.538. The maximum Gasteiger partial charge on any atom is 0.123 e. The van der Waals surface area contributed by atoms with Crippen LogP contribution in [-0.2, 0) is 6.42 Å². The summed E-state index contributed by atoms with van der Waals surface area (Å²) in [6.07, 6.45) is 3.36. The summed E-state index contributed by atoms with van der Waals surface area (Å²) in [4.78, 5) is 0. The van der Waals surface area contributed by atoms with Gasteiger partial charge in [-0.25, -0.2) is 4.39 Å². The summed E-state index contributed by atoms with van der Waals surface area (Å²) in [5, 5.41) is 0. The van der Waals surface area contributed by atoms with E-state index >= 15 is 0 Å². The molecule has 2 heteroatoms. The number of ether oxygens (including phenoxy) is 1. The van der Waals surface area contributed by atoms with E-state index in [9.17, 15) is 4.39 Å². The maximum atomic E-state index is 13.0. The van der Waals surface area contributed by atoms with Crippen LogP contribution in [0.25, 0.3) is 0 Å². The Morgan fingerprint density at radius 2 is 2.33 bits per heavy atom. The maximum absolute atomic E-state index is 13.0. The highest BCUT2D eigenvalue weighted by atomic mass is 19.1. The second-order valence-electron chi connectivity index (χ2n) is 4.33. The lowest BCUT2D eigenvalue weighted by Crippen LogP contribution is -2.29. The van der Waals surface area contributed by atoms with Gasteiger partial charge in [-0.1, -0.05) is 20.3 Å². The third-order valence-electron chi connectivity index (χ3n) is 3.28. The van der Waals surface area contributed by atoms with Crippen LogP contribution in [-0.4, -0.2) is 6.10 Å². The zero-order valence-electron chi connectivity index (χ0n) is 9.29. The second kappa shape index (κ2) is 4.21. The van der Waals surface area contributed by atoms with Crippen LogP contribution in [0.2, 0.25) is 0 Å². The summed E-state index contributed by atoms with van der Waals surface area (Å²) in [5.74, 6) is 1.27. The van der Waals surface area contributed by atoms with E-state index in [-0.39, 0.29) is 5.82 Å². The minimum atomic E-state index is -0.167. The van der Waals surface area contributed by atoms with Crippen LogP contribution < -0.4 is 4.74 Å². The molecule has 15 heavy (non-hydrogen) atoms. The SMILES string of the molecule is CCC(C)[C@@H]1CCc2cc(F)ccc2O1. The summed E-state index contributed by atoms with van der Waals surface area (Å²) >= 11 is 0. The van der Waals surface area contributed by atoms with Crippen molar-refractivity contribution >= 4 is 0 Å². The molecule has 1 aliphatic rings. The van der Waals surface area contributed by atoms with E-state index in [1.54, 1.807) is 12.1 Å². The van der Waals surface area contributed by atoms with Gasteiger partial charge in [0.1, 0.15) is 17.7 Å². The molecule has 2 atom stereocenters. The van der Waals surface area contributed by atoms with Crippen molar-refractivity contribution in [2.75, 3.05) is 0 Å². The molecular weight excluding hydrogens is 191 g/mol. The summed E-state index contributed by atoms with van der Waals surface area (Å²) in [7, 11) is 0. The Kier molecular flexibility index (Phi) is 2.94. The van der Waals surface area contributed by atoms with Gasteiger partial charge < -0.3 is 4.74 Å². The first-order chi connectivity index (χ1) is 7.20. The molecule has 0 radical (unpaired) electrons. The van der Waals surface area contributed by atoms with Crippen LogP contribution in [0.3, 0.4) is 0 Å². The summed E-state index contributed by atoms with van der Waals surface area (Å²) in [6, 6.07) is 4.80. The van der Waals surface area contributed by atoms with E-state index in [1.807, 2.05) is 0 Å². The third kappa shape index (κ3) is 2.14. The molecular formula is C13H17FO. The Morgan fingerprint density at radius 3 is 3.07 bits per heavy atom. The van der Waals surface area contributed by atoms with Crippen LogP contribution in [0.1, 0.15) is 32.3 Å². The average Bonchev–Trinajstić information content (AvgIpc) is 2.27. The van der Waals surface area contributed by atoms with Gasteiger partial charge in [-0.05, 0) is 42.5 Å². The molecule has 0 aliphatic carbocycles. The van der Waals surface area contributed by atoms with Crippen LogP contribution >= 0.6 is 0 Å². The van der Waals surface area contributed by atoms with Crippen LogP contribution in [0.4, 0.5) is 4.39 Å². The molecule has 1 unspecified atom stereocenters. The quantitative estimate of drug-likeness (QED) is 0.722. The third-order valence-corrected chi connectivity index (χ3v) is 3.28. The molecule has 0 aromatic heterocycles. The minimum Gasteiger partial charge on any atom is -0.490 e. The number of hydrogen-bond donors (Lipinski definition) is 0. The molecule has 2 rings (SSSR count). The molecule has 0 saturated carbocycles. The van der Waals surface area contributed by atoms with Crippen LogP contribution in [0.15, 0.2) is 18.2 Å². The first-order valence-electron chi connectivity index (χ1n) is 5.65. The highest BCUT2D eigenvalue weighted by Crippen LogP contribution is 2.31. The lowest BCUT2D eigenvalue weighted by Gasteiger charge is -2.29. The minimum absolute atomic E-state index is 0.167. The van der Waals surface area contributed by atoms with E-state index in [4.69, 9.17) is 4.74 Å². The van der Waals surface area contributed by atoms with Gasteiger partial charge in [0.2, 0.25) is 0 Å². The van der Waals surface area contributed by atoms with Crippen LogP contribution in [0.5, 0.6) is 5.75 Å². The largest absolute Gasteiger partial charge is 0.490 e. The molecule has 0 bridgehead atoms. The number of aryl methyl sites for hydroxylation is 1. The molecule has 1 aromatic carbocycles. The number of rotatable bonds is 2. The Hall–Kier alpha value is -1.05. The fourth-order valence-corrected chi connectivity index (χ4v) is 2.04. The molecule has 0 amide bonds. The van der Waals surface area contributed by atoms with E-state index in [0.717, 1.165) is 30.6 Å². The highest BCUT2D eigenvalue weighted by Gasteiger charge is 2.23. The van der Waals surface area contributed by atoms with Gasteiger partial charge in [-0.2, -0.15) is 0 Å². The number of halogens is 1. The Bertz CT molecular complexity index is 348. The Balaban J connectivity index is 2.16. The lowest BCUT2D eigenvalue weighted by molar-refractivity contribution is 0.116. The zero-order valence-corrected chi connectivity index (χ0v) is 9.29. The first kappa shape index (κ1) is 10.5. The predicted molar refractivity (Wildman–Crippen MR) is 58.6 cm³/mol. The number of hydrogen-bond acceptors (Lipinski definition) is 1. The predicted octanol–water partition coefficient (Wildman–Crippen LogP) is 3.57. The van der Waals surface area contributed by atoms with Crippen molar-refractivity contribution in [3.8, 4) is 5.75 Å². The van der Waals surface area contributed by atoms with Crippen molar-refractivity contribution in [1.82, 2.24) is 0 Å². The van der Waals surface area contributed by atoms with Gasteiger partial charge in [0.25, 0.3) is 0 Å². The standard InChI is InChI=1S/C13H17FO/c1-3-9(2)12-6-4-10-8-11(14)5-7-13(10)15-12/h5,7-9,12H,3-4,6H2,1-2H3/t9?,12-/m0/s1. The summed E-state index contributed by atoms with van der Waals surface area (Å²) in [6.45, 7) is 4.38. The molecule has 82 valence electrons. The second-order valence-corrected chi connectivity index (χ2v) is 4.33. The molecule has 0 saturated heterocycles. The van der Waals surface area contributed by atoms with Crippen molar-refractivity contribution in [3.05, 3.63) is 29.6 Å². The Labute approximate surface area is 90.3 Å². The molecule has 1 aliphatic heterocycles. The average molecular weight is 208 g/mol. The van der Waals surface area contributed by atoms with Gasteiger partial charge in [0, 0.05) is 0 Å². The summed E-state index contributed by atoms with van der Waals surface area (Å²) < 4.78 is 18.8. The smallest absolute Gasteiger partial charge is 0.123 e. The van der Waals surface area contributed by atoms with E-state index in [0.29, 0.717) is 12.0 Å². The van der Waals surface area contributed by atoms with Gasteiger partial charge in [0.05, 0.1) is 0 Å². The summed E-state index contributed by atoms with van der Waals surface area (Å²) in [5.41, 5.74) is 1.01. The van der Waals surface area contributed by atoms with Crippen molar-refractivity contribution < 1.29 is 9.13 Å². The Morgan fingerprint density at radius 1 is 1.53 bits per heavy atom. The van der Waals surface area contributed by atoms with Gasteiger partial charge in [0.15, 0.2) is 0 Å². The lowest BCUT2D eigenvalue weighted by atomic mass is 9.93. The number of benzene rings is 1. The van der Waals surface area contributed by atoms with E-state index < -0.39 is 0 Å². The van der Waals surface area contributed by atoms with Gasteiger partial charge in [-0.3, -0.25) is 0 Å². The molecule has 0 spiro atoms. The molecule has 1 aromatic rings. The van der Waals surface area contributed by atoms with Crippen molar-refractivity contribution in [2.45, 2.75) is 39.2 Å². The zero-order chi connectivity index (χ0) is 10.8. The number of fused-ring (bicyclic) bond motifs is 1. The first-order valence-corrected chi connectivity index (χ1v) is 5.65. The highest BCUT2D eigenvalue weighted by molar-refractivity contribution is 5.35. The van der Waals surface area contributed by atoms with Crippen molar-refractivity contribution in [3.63, 3.8) is 0 Å². The molecule has 0 N–H and O–H groups in total. The fourth-order valence-electron chi connectivity index (χ4n) is 2.04. The van der Waals surface area contributed by atoms with Crippen molar-refractivity contribution in [2.24, 2.45) is 5.92 Å². The van der Waals surface area contributed by atoms with E-state index in [1.165, 1.54) is 6.07 Å². The van der Waals surface area contributed by atoms with E-state index in [2.05, 4.69) is 13.8 Å².